The normalized spacial score (nSPS) is 11.3. The second-order valence-corrected chi connectivity index (χ2v) is 7.53. The van der Waals surface area contributed by atoms with Crippen LogP contribution in [0.3, 0.4) is 0 Å². The van der Waals surface area contributed by atoms with Gasteiger partial charge >= 0.3 is 0 Å². The van der Waals surface area contributed by atoms with Crippen molar-refractivity contribution in [3.8, 4) is 22.5 Å². The predicted molar refractivity (Wildman–Crippen MR) is 105 cm³/mol. The molecule has 0 aliphatic carbocycles. The van der Waals surface area contributed by atoms with Crippen LogP contribution in [0.25, 0.3) is 22.5 Å². The molecule has 27 heavy (non-hydrogen) atoms. The van der Waals surface area contributed by atoms with E-state index in [9.17, 15) is 8.42 Å². The summed E-state index contributed by atoms with van der Waals surface area (Å²) in [5.41, 5.74) is 2.68. The van der Waals surface area contributed by atoms with Gasteiger partial charge in [0.2, 0.25) is 0 Å². The van der Waals surface area contributed by atoms with Crippen LogP contribution in [0, 0.1) is 0 Å². The van der Waals surface area contributed by atoms with Crippen LogP contribution in [0.2, 0.25) is 0 Å². The van der Waals surface area contributed by atoms with Crippen molar-refractivity contribution in [3.63, 3.8) is 0 Å². The zero-order chi connectivity index (χ0) is 18.7. The third kappa shape index (κ3) is 3.58. The van der Waals surface area contributed by atoms with E-state index in [4.69, 9.17) is 0 Å². The summed E-state index contributed by atoms with van der Waals surface area (Å²) in [6.07, 6.45) is 1.41. The molecule has 0 saturated carbocycles. The van der Waals surface area contributed by atoms with E-state index < -0.39 is 10.0 Å². The zero-order valence-electron chi connectivity index (χ0n) is 14.2. The van der Waals surface area contributed by atoms with Crippen LogP contribution in [0.4, 0.5) is 5.69 Å². The van der Waals surface area contributed by atoms with Gasteiger partial charge in [0.05, 0.1) is 4.90 Å². The quantitative estimate of drug-likeness (QED) is 0.552. The molecule has 0 amide bonds. The van der Waals surface area contributed by atoms with Crippen LogP contribution >= 0.6 is 0 Å². The molecule has 0 aliphatic heterocycles. The molecule has 0 saturated heterocycles. The van der Waals surface area contributed by atoms with Gasteiger partial charge in [-0.15, -0.1) is 0 Å². The van der Waals surface area contributed by atoms with Crippen LogP contribution < -0.4 is 4.72 Å². The zero-order valence-corrected chi connectivity index (χ0v) is 15.0. The molecule has 3 aromatic carbocycles. The lowest BCUT2D eigenvalue weighted by Gasteiger charge is -2.13. The molecule has 0 bridgehead atoms. The van der Waals surface area contributed by atoms with Gasteiger partial charge in [-0.25, -0.2) is 13.4 Å². The first-order valence-electron chi connectivity index (χ1n) is 8.26. The van der Waals surface area contributed by atoms with Gasteiger partial charge < -0.3 is 0 Å². The van der Waals surface area contributed by atoms with E-state index in [1.807, 2.05) is 42.5 Å². The van der Waals surface area contributed by atoms with E-state index in [1.54, 1.807) is 36.4 Å². The average molecular weight is 376 g/mol. The van der Waals surface area contributed by atoms with Crippen LogP contribution in [-0.4, -0.2) is 23.6 Å². The highest BCUT2D eigenvalue weighted by Crippen LogP contribution is 2.29. The van der Waals surface area contributed by atoms with Crippen molar-refractivity contribution in [2.24, 2.45) is 0 Å². The summed E-state index contributed by atoms with van der Waals surface area (Å²) >= 11 is 0. The molecule has 4 rings (SSSR count). The maximum atomic E-state index is 13.0. The molecule has 1 heterocycles. The molecule has 0 unspecified atom stereocenters. The Labute approximate surface area is 157 Å². The Kier molecular flexibility index (Phi) is 4.43. The SMILES string of the molecule is O=S(=O)(Nc1cccc(-c2ncn[nH]2)c1)c1ccccc1-c1ccccc1. The Morgan fingerprint density at radius 2 is 1.56 bits per heavy atom. The molecule has 134 valence electrons. The summed E-state index contributed by atoms with van der Waals surface area (Å²) in [4.78, 5) is 4.32. The van der Waals surface area contributed by atoms with Gasteiger partial charge in [-0.1, -0.05) is 60.7 Å². The van der Waals surface area contributed by atoms with Crippen molar-refractivity contribution in [1.29, 1.82) is 0 Å². The van der Waals surface area contributed by atoms with Crippen LogP contribution in [0.1, 0.15) is 0 Å². The molecule has 0 radical (unpaired) electrons. The third-order valence-corrected chi connectivity index (χ3v) is 5.50. The molecule has 6 nitrogen and oxygen atoms in total. The Hall–Kier alpha value is -3.45. The molecule has 1 aromatic heterocycles. The van der Waals surface area contributed by atoms with Gasteiger partial charge in [0.15, 0.2) is 5.82 Å². The molecule has 2 N–H and O–H groups in total. The Morgan fingerprint density at radius 3 is 2.33 bits per heavy atom. The number of nitrogens with one attached hydrogen (secondary N) is 2. The number of benzene rings is 3. The number of hydrogen-bond acceptors (Lipinski definition) is 4. The fourth-order valence-electron chi connectivity index (χ4n) is 2.84. The molecule has 0 atom stereocenters. The standard InChI is InChI=1S/C20H16N4O2S/c25-27(26,19-12-5-4-11-18(19)15-7-2-1-3-8-15)24-17-10-6-9-16(13-17)20-21-14-22-23-20/h1-14,24H,(H,21,22,23). The van der Waals surface area contributed by atoms with E-state index in [2.05, 4.69) is 19.9 Å². The number of nitrogens with zero attached hydrogens (tertiary/aromatic N) is 2. The first kappa shape index (κ1) is 17.0. The largest absolute Gasteiger partial charge is 0.280 e. The monoisotopic (exact) mass is 376 g/mol. The highest BCUT2D eigenvalue weighted by Gasteiger charge is 2.19. The fraction of sp³-hybridized carbons (Fsp3) is 0. The Bertz CT molecular complexity index is 1160. The minimum absolute atomic E-state index is 0.223. The highest BCUT2D eigenvalue weighted by atomic mass is 32.2. The number of sulfonamides is 1. The third-order valence-electron chi connectivity index (χ3n) is 4.06. The number of aromatic amines is 1. The van der Waals surface area contributed by atoms with Crippen LogP contribution in [0.15, 0.2) is 90.1 Å². The van der Waals surface area contributed by atoms with Gasteiger partial charge in [0.25, 0.3) is 10.0 Å². The molecule has 0 fully saturated rings. The van der Waals surface area contributed by atoms with E-state index in [-0.39, 0.29) is 4.90 Å². The van der Waals surface area contributed by atoms with E-state index >= 15 is 0 Å². The Morgan fingerprint density at radius 1 is 0.815 bits per heavy atom. The summed E-state index contributed by atoms with van der Waals surface area (Å²) < 4.78 is 28.8. The van der Waals surface area contributed by atoms with E-state index in [1.165, 1.54) is 6.33 Å². The van der Waals surface area contributed by atoms with Crippen molar-refractivity contribution < 1.29 is 8.42 Å². The van der Waals surface area contributed by atoms with Gasteiger partial charge in [-0.2, -0.15) is 5.10 Å². The summed E-state index contributed by atoms with van der Waals surface area (Å²) in [7, 11) is -3.77. The first-order chi connectivity index (χ1) is 13.1. The summed E-state index contributed by atoms with van der Waals surface area (Å²) in [5, 5.41) is 6.59. The van der Waals surface area contributed by atoms with E-state index in [0.29, 0.717) is 17.1 Å². The lowest BCUT2D eigenvalue weighted by molar-refractivity contribution is 0.601. The average Bonchev–Trinajstić information content (AvgIpc) is 3.23. The maximum Gasteiger partial charge on any atom is 0.262 e. The molecular formula is C20H16N4O2S. The highest BCUT2D eigenvalue weighted by molar-refractivity contribution is 7.92. The number of rotatable bonds is 5. The second kappa shape index (κ2) is 7.05. The molecule has 0 aliphatic rings. The van der Waals surface area contributed by atoms with Crippen molar-refractivity contribution in [3.05, 3.63) is 85.2 Å². The van der Waals surface area contributed by atoms with Crippen LogP contribution in [0.5, 0.6) is 0 Å². The lowest BCUT2D eigenvalue weighted by atomic mass is 10.1. The molecular weight excluding hydrogens is 360 g/mol. The number of anilines is 1. The fourth-order valence-corrected chi connectivity index (χ4v) is 4.12. The summed E-state index contributed by atoms with van der Waals surface area (Å²) in [6, 6.07) is 23.4. The van der Waals surface area contributed by atoms with Crippen molar-refractivity contribution in [1.82, 2.24) is 15.2 Å². The Balaban J connectivity index is 1.71. The molecule has 4 aromatic rings. The minimum Gasteiger partial charge on any atom is -0.280 e. The number of aromatic nitrogens is 3. The summed E-state index contributed by atoms with van der Waals surface area (Å²) in [6.45, 7) is 0. The van der Waals surface area contributed by atoms with Crippen molar-refractivity contribution in [2.45, 2.75) is 4.90 Å². The smallest absolute Gasteiger partial charge is 0.262 e. The van der Waals surface area contributed by atoms with Crippen molar-refractivity contribution >= 4 is 15.7 Å². The number of H-pyrrole nitrogens is 1. The minimum atomic E-state index is -3.77. The van der Waals surface area contributed by atoms with Crippen molar-refractivity contribution in [2.75, 3.05) is 4.72 Å². The van der Waals surface area contributed by atoms with Gasteiger partial charge in [-0.3, -0.25) is 9.82 Å². The maximum absolute atomic E-state index is 13.0. The first-order valence-corrected chi connectivity index (χ1v) is 9.75. The lowest BCUT2D eigenvalue weighted by Crippen LogP contribution is -2.14. The number of hydrogen-bond donors (Lipinski definition) is 2. The van der Waals surface area contributed by atoms with Gasteiger partial charge in [-0.05, 0) is 23.8 Å². The summed E-state index contributed by atoms with van der Waals surface area (Å²) in [5.74, 6) is 0.570. The van der Waals surface area contributed by atoms with E-state index in [0.717, 1.165) is 11.1 Å². The van der Waals surface area contributed by atoms with Crippen LogP contribution in [-0.2, 0) is 10.0 Å². The second-order valence-electron chi connectivity index (χ2n) is 5.88. The topological polar surface area (TPSA) is 87.7 Å². The predicted octanol–water partition coefficient (Wildman–Crippen LogP) is 3.94. The van der Waals surface area contributed by atoms with Gasteiger partial charge in [0, 0.05) is 16.8 Å². The molecule has 0 spiro atoms. The molecule has 7 heteroatoms. The van der Waals surface area contributed by atoms with Gasteiger partial charge in [0.1, 0.15) is 6.33 Å².